The van der Waals surface area contributed by atoms with E-state index in [1.807, 2.05) is 0 Å². The summed E-state index contributed by atoms with van der Waals surface area (Å²) in [6.45, 7) is 12.9. The molecule has 1 aliphatic rings. The van der Waals surface area contributed by atoms with Crippen LogP contribution in [0, 0.1) is 0 Å². The molecule has 0 spiro atoms. The molecule has 0 aromatic heterocycles. The second-order valence-corrected chi connectivity index (χ2v) is 22.4. The van der Waals surface area contributed by atoms with Gasteiger partial charge in [0, 0.05) is 0 Å². The van der Waals surface area contributed by atoms with Gasteiger partial charge in [-0.2, -0.15) is 0 Å². The van der Waals surface area contributed by atoms with Crippen LogP contribution in [0.1, 0.15) is 41.5 Å². The summed E-state index contributed by atoms with van der Waals surface area (Å²) in [5, 5.41) is 0. The molecule has 0 amide bonds. The Morgan fingerprint density at radius 1 is 0.333 bits per heavy atom. The van der Waals surface area contributed by atoms with E-state index in [-0.39, 0.29) is 0 Å². The fraction of sp³-hybridized carbons (Fsp3) is 1.00. The molecule has 6 nitrogen and oxygen atoms in total. The Morgan fingerprint density at radius 2 is 0.458 bits per heavy atom. The summed E-state index contributed by atoms with van der Waals surface area (Å²) in [4.78, 5) is 0. The molecule has 1 saturated heterocycles. The van der Waals surface area contributed by atoms with E-state index in [2.05, 4.69) is 41.5 Å². The SMILES string of the molecule is CC[SiH]1O[SiH](CC)O[SiH](CC)O[SiH](CC)O[SiH](CC)O[SiH](CC)O1. The van der Waals surface area contributed by atoms with Gasteiger partial charge >= 0.3 is 55.7 Å². The molecule has 0 bridgehead atoms. The molecule has 24 heavy (non-hydrogen) atoms. The fourth-order valence-electron chi connectivity index (χ4n) is 2.36. The molecular formula is C12H36O6Si6. The predicted molar refractivity (Wildman–Crippen MR) is 112 cm³/mol. The van der Waals surface area contributed by atoms with Gasteiger partial charge in [0.2, 0.25) is 0 Å². The fourth-order valence-corrected chi connectivity index (χ4v) is 24.7. The van der Waals surface area contributed by atoms with Crippen LogP contribution in [0.4, 0.5) is 0 Å². The highest BCUT2D eigenvalue weighted by Gasteiger charge is 2.32. The van der Waals surface area contributed by atoms with Crippen molar-refractivity contribution in [1.29, 1.82) is 0 Å². The monoisotopic (exact) mass is 444 g/mol. The van der Waals surface area contributed by atoms with E-state index in [0.717, 1.165) is 36.3 Å². The van der Waals surface area contributed by atoms with Crippen LogP contribution in [0.2, 0.25) is 36.3 Å². The second-order valence-electron chi connectivity index (χ2n) is 5.84. The zero-order valence-electron chi connectivity index (χ0n) is 16.2. The first-order valence-corrected chi connectivity index (χ1v) is 20.1. The van der Waals surface area contributed by atoms with Crippen molar-refractivity contribution in [3.63, 3.8) is 0 Å². The minimum atomic E-state index is -1.70. The zero-order chi connectivity index (χ0) is 17.9. The highest BCUT2D eigenvalue weighted by molar-refractivity contribution is 6.74. The summed E-state index contributed by atoms with van der Waals surface area (Å²) >= 11 is 0. The first-order chi connectivity index (χ1) is 11.6. The van der Waals surface area contributed by atoms with Crippen molar-refractivity contribution in [1.82, 2.24) is 0 Å². The Balaban J connectivity index is 2.92. The molecular weight excluding hydrogens is 409 g/mol. The predicted octanol–water partition coefficient (Wildman–Crippen LogP) is 1.54. The van der Waals surface area contributed by atoms with Crippen LogP contribution in [0.25, 0.3) is 0 Å². The van der Waals surface area contributed by atoms with E-state index >= 15 is 0 Å². The molecule has 0 aromatic carbocycles. The summed E-state index contributed by atoms with van der Waals surface area (Å²) in [6, 6.07) is 5.78. The normalized spacial score (nSPS) is 36.8. The maximum atomic E-state index is 6.36. The van der Waals surface area contributed by atoms with Crippen molar-refractivity contribution in [2.75, 3.05) is 0 Å². The Labute approximate surface area is 158 Å². The Bertz CT molecular complexity index is 241. The van der Waals surface area contributed by atoms with Crippen LogP contribution < -0.4 is 0 Å². The number of hydrogen-bond donors (Lipinski definition) is 0. The van der Waals surface area contributed by atoms with Crippen molar-refractivity contribution in [2.24, 2.45) is 0 Å². The van der Waals surface area contributed by atoms with Crippen molar-refractivity contribution in [2.45, 2.75) is 77.8 Å². The van der Waals surface area contributed by atoms with Gasteiger partial charge in [0.05, 0.1) is 0 Å². The quantitative estimate of drug-likeness (QED) is 0.579. The van der Waals surface area contributed by atoms with E-state index in [0.29, 0.717) is 0 Å². The Morgan fingerprint density at radius 3 is 0.542 bits per heavy atom. The number of hydrogen-bond acceptors (Lipinski definition) is 6. The molecule has 0 N–H and O–H groups in total. The third kappa shape index (κ3) is 8.17. The molecule has 1 heterocycles. The molecule has 1 aliphatic heterocycles. The molecule has 1 fully saturated rings. The molecule has 0 unspecified atom stereocenters. The summed E-state index contributed by atoms with van der Waals surface area (Å²) in [5.41, 5.74) is 0. The van der Waals surface area contributed by atoms with Crippen LogP contribution in [0.15, 0.2) is 0 Å². The van der Waals surface area contributed by atoms with Gasteiger partial charge in [-0.15, -0.1) is 0 Å². The number of rotatable bonds is 6. The van der Waals surface area contributed by atoms with E-state index in [4.69, 9.17) is 24.7 Å². The minimum absolute atomic E-state index is 0.963. The van der Waals surface area contributed by atoms with E-state index in [1.165, 1.54) is 0 Å². The lowest BCUT2D eigenvalue weighted by Crippen LogP contribution is -2.47. The molecule has 144 valence electrons. The van der Waals surface area contributed by atoms with Crippen LogP contribution in [-0.4, -0.2) is 55.7 Å². The smallest absolute Gasteiger partial charge is 0.303 e. The average Bonchev–Trinajstić information content (AvgIpc) is 2.61. The molecule has 12 heteroatoms. The van der Waals surface area contributed by atoms with Gasteiger partial charge < -0.3 is 24.7 Å². The highest BCUT2D eigenvalue weighted by Crippen LogP contribution is 2.16. The Kier molecular flexibility index (Phi) is 12.8. The summed E-state index contributed by atoms with van der Waals surface area (Å²) in [5.74, 6) is 0. The lowest BCUT2D eigenvalue weighted by atomic mass is 11.0. The molecule has 0 atom stereocenters. The first-order valence-electron chi connectivity index (χ1n) is 9.52. The largest absolute Gasteiger partial charge is 0.420 e. The van der Waals surface area contributed by atoms with Crippen LogP contribution in [0.3, 0.4) is 0 Å². The van der Waals surface area contributed by atoms with Crippen LogP contribution >= 0.6 is 0 Å². The molecule has 0 saturated carbocycles. The van der Waals surface area contributed by atoms with Crippen molar-refractivity contribution >= 4 is 55.7 Å². The van der Waals surface area contributed by atoms with Crippen molar-refractivity contribution in [3.05, 3.63) is 0 Å². The molecule has 0 aromatic rings. The lowest BCUT2D eigenvalue weighted by molar-refractivity contribution is 0.282. The average molecular weight is 445 g/mol. The highest BCUT2D eigenvalue weighted by atomic mass is 28.5. The molecule has 1 rings (SSSR count). The van der Waals surface area contributed by atoms with Gasteiger partial charge in [-0.1, -0.05) is 41.5 Å². The topological polar surface area (TPSA) is 55.4 Å². The Hall–Kier alpha value is 1.06. The third-order valence-corrected chi connectivity index (χ3v) is 22.4. The van der Waals surface area contributed by atoms with Gasteiger partial charge in [-0.25, -0.2) is 0 Å². The van der Waals surface area contributed by atoms with Crippen molar-refractivity contribution in [3.8, 4) is 0 Å². The van der Waals surface area contributed by atoms with Gasteiger partial charge in [0.25, 0.3) is 0 Å². The summed E-state index contributed by atoms with van der Waals surface area (Å²) in [6.07, 6.45) is 0. The maximum absolute atomic E-state index is 6.36. The summed E-state index contributed by atoms with van der Waals surface area (Å²) < 4.78 is 38.1. The van der Waals surface area contributed by atoms with Crippen LogP contribution in [-0.2, 0) is 24.7 Å². The summed E-state index contributed by atoms with van der Waals surface area (Å²) in [7, 11) is -10.2. The lowest BCUT2D eigenvalue weighted by Gasteiger charge is -2.33. The van der Waals surface area contributed by atoms with Gasteiger partial charge in [-0.05, 0) is 36.3 Å². The minimum Gasteiger partial charge on any atom is -0.420 e. The maximum Gasteiger partial charge on any atom is 0.303 e. The zero-order valence-corrected chi connectivity index (χ0v) is 23.1. The molecule has 0 radical (unpaired) electrons. The third-order valence-electron chi connectivity index (χ3n) is 3.82. The van der Waals surface area contributed by atoms with Crippen molar-refractivity contribution < 1.29 is 24.7 Å². The molecule has 0 aliphatic carbocycles. The van der Waals surface area contributed by atoms with Gasteiger partial charge in [0.1, 0.15) is 0 Å². The van der Waals surface area contributed by atoms with Gasteiger partial charge in [-0.3, -0.25) is 0 Å². The second kappa shape index (κ2) is 13.3. The van der Waals surface area contributed by atoms with E-state index in [9.17, 15) is 0 Å². The van der Waals surface area contributed by atoms with Crippen LogP contribution in [0.5, 0.6) is 0 Å². The van der Waals surface area contributed by atoms with Gasteiger partial charge in [0.15, 0.2) is 0 Å². The van der Waals surface area contributed by atoms with E-state index < -0.39 is 55.7 Å². The standard InChI is InChI=1S/C12H36O6Si6/c1-7-19-13-20(8-2)15-22(10-4)17-24(12-6)18-23(11-5)16-21(9-3)14-19/h19-24H,7-12H2,1-6H3. The first kappa shape index (κ1) is 23.1. The van der Waals surface area contributed by atoms with E-state index in [1.54, 1.807) is 0 Å².